The number of carbonyl (C=O) groups is 1. The van der Waals surface area contributed by atoms with E-state index in [1.165, 1.54) is 24.3 Å². The van der Waals surface area contributed by atoms with Gasteiger partial charge in [-0.15, -0.1) is 0 Å². The molecule has 0 N–H and O–H groups in total. The maximum atomic E-state index is 12.3. The van der Waals surface area contributed by atoms with Crippen LogP contribution in [-0.4, -0.2) is 23.0 Å². The van der Waals surface area contributed by atoms with E-state index in [9.17, 15) is 17.4 Å². The van der Waals surface area contributed by atoms with E-state index in [-0.39, 0.29) is 10.5 Å². The fourth-order valence-electron chi connectivity index (χ4n) is 1.85. The van der Waals surface area contributed by atoms with Crippen LogP contribution in [0.15, 0.2) is 58.3 Å². The standard InChI is InChI=1S/C15H13ClO4S2/c1-11-4-2-6-13(8-11)21(18)10-22(19,20)14-7-3-5-12(9-14)15(16)17/h2-9H,10H2,1H3. The number of benzene rings is 2. The van der Waals surface area contributed by atoms with Gasteiger partial charge in [0.05, 0.1) is 15.7 Å². The third-order valence-electron chi connectivity index (χ3n) is 2.93. The maximum absolute atomic E-state index is 12.3. The van der Waals surface area contributed by atoms with Crippen molar-refractivity contribution in [3.05, 3.63) is 59.7 Å². The smallest absolute Gasteiger partial charge is 0.252 e. The quantitative estimate of drug-likeness (QED) is 0.772. The number of halogens is 1. The van der Waals surface area contributed by atoms with Crippen molar-refractivity contribution >= 4 is 37.5 Å². The number of sulfone groups is 1. The molecule has 0 radical (unpaired) electrons. The lowest BCUT2D eigenvalue weighted by molar-refractivity contribution is 0.108. The van der Waals surface area contributed by atoms with Crippen LogP contribution in [0.5, 0.6) is 0 Å². The Balaban J connectivity index is 2.30. The molecule has 0 heterocycles. The molecule has 0 spiro atoms. The lowest BCUT2D eigenvalue weighted by Crippen LogP contribution is -2.12. The van der Waals surface area contributed by atoms with Crippen molar-refractivity contribution in [1.82, 2.24) is 0 Å². The van der Waals surface area contributed by atoms with E-state index in [0.717, 1.165) is 5.56 Å². The van der Waals surface area contributed by atoms with E-state index in [0.29, 0.717) is 4.90 Å². The number of hydrogen-bond acceptors (Lipinski definition) is 4. The zero-order valence-electron chi connectivity index (χ0n) is 11.7. The number of aryl methyl sites for hydroxylation is 1. The zero-order chi connectivity index (χ0) is 16.3. The third kappa shape index (κ3) is 4.03. The van der Waals surface area contributed by atoms with Crippen molar-refractivity contribution in [3.63, 3.8) is 0 Å². The van der Waals surface area contributed by atoms with E-state index in [4.69, 9.17) is 11.6 Å². The van der Waals surface area contributed by atoms with Crippen LogP contribution < -0.4 is 0 Å². The molecule has 1 atom stereocenters. The minimum Gasteiger partial charge on any atom is -0.276 e. The molecule has 4 nitrogen and oxygen atoms in total. The van der Waals surface area contributed by atoms with Gasteiger partial charge in [-0.3, -0.25) is 9.00 Å². The predicted molar refractivity (Wildman–Crippen MR) is 86.3 cm³/mol. The predicted octanol–water partition coefficient (Wildman–Crippen LogP) is 2.91. The van der Waals surface area contributed by atoms with Crippen LogP contribution in [0.3, 0.4) is 0 Å². The molecular formula is C15H13ClO4S2. The van der Waals surface area contributed by atoms with Crippen LogP contribution in [0.25, 0.3) is 0 Å². The van der Waals surface area contributed by atoms with Crippen LogP contribution in [-0.2, 0) is 20.6 Å². The number of rotatable bonds is 5. The summed E-state index contributed by atoms with van der Waals surface area (Å²) < 4.78 is 36.9. The summed E-state index contributed by atoms with van der Waals surface area (Å²) in [5.74, 6) is 0. The van der Waals surface area contributed by atoms with Gasteiger partial charge < -0.3 is 0 Å². The van der Waals surface area contributed by atoms with Crippen molar-refractivity contribution in [2.45, 2.75) is 16.7 Å². The van der Waals surface area contributed by atoms with E-state index in [2.05, 4.69) is 0 Å². The molecule has 2 aromatic rings. The second kappa shape index (κ2) is 6.73. The van der Waals surface area contributed by atoms with Crippen LogP contribution in [0.2, 0.25) is 0 Å². The first-order valence-corrected chi connectivity index (χ1v) is 9.62. The summed E-state index contributed by atoms with van der Waals surface area (Å²) in [4.78, 5) is 11.5. The number of carbonyl (C=O) groups excluding carboxylic acids is 1. The van der Waals surface area contributed by atoms with Gasteiger partial charge in [0.2, 0.25) is 0 Å². The molecule has 2 rings (SSSR count). The van der Waals surface area contributed by atoms with Crippen LogP contribution in [0, 0.1) is 6.92 Å². The monoisotopic (exact) mass is 356 g/mol. The van der Waals surface area contributed by atoms with Gasteiger partial charge in [0, 0.05) is 10.5 Å². The summed E-state index contributed by atoms with van der Waals surface area (Å²) in [5.41, 5.74) is 0.988. The van der Waals surface area contributed by atoms with Crippen molar-refractivity contribution in [2.24, 2.45) is 0 Å². The van der Waals surface area contributed by atoms with Gasteiger partial charge in [-0.2, -0.15) is 0 Å². The van der Waals surface area contributed by atoms with Crippen molar-refractivity contribution < 1.29 is 17.4 Å². The van der Waals surface area contributed by atoms with E-state index in [1.807, 2.05) is 13.0 Å². The normalized spacial score (nSPS) is 12.8. The van der Waals surface area contributed by atoms with E-state index >= 15 is 0 Å². The van der Waals surface area contributed by atoms with Gasteiger partial charge >= 0.3 is 0 Å². The molecule has 0 saturated carbocycles. The molecule has 0 aliphatic carbocycles. The average molecular weight is 357 g/mol. The summed E-state index contributed by atoms with van der Waals surface area (Å²) in [6.45, 7) is 1.84. The molecule has 0 aromatic heterocycles. The summed E-state index contributed by atoms with van der Waals surface area (Å²) in [6.07, 6.45) is 0. The maximum Gasteiger partial charge on any atom is 0.252 e. The van der Waals surface area contributed by atoms with Gasteiger partial charge in [0.15, 0.2) is 9.84 Å². The van der Waals surface area contributed by atoms with Gasteiger partial charge in [-0.05, 0) is 48.4 Å². The highest BCUT2D eigenvalue weighted by molar-refractivity contribution is 8.05. The molecule has 0 aliphatic heterocycles. The Morgan fingerprint density at radius 2 is 1.82 bits per heavy atom. The second-order valence-electron chi connectivity index (χ2n) is 4.70. The van der Waals surface area contributed by atoms with Crippen LogP contribution >= 0.6 is 11.6 Å². The molecule has 0 bridgehead atoms. The zero-order valence-corrected chi connectivity index (χ0v) is 14.0. The minimum atomic E-state index is -3.79. The van der Waals surface area contributed by atoms with E-state index < -0.39 is 31.0 Å². The third-order valence-corrected chi connectivity index (χ3v) is 7.00. The van der Waals surface area contributed by atoms with Crippen molar-refractivity contribution in [2.75, 3.05) is 5.08 Å². The first-order valence-electron chi connectivity index (χ1n) is 6.27. The molecule has 1 unspecified atom stereocenters. The van der Waals surface area contributed by atoms with Gasteiger partial charge in [0.25, 0.3) is 5.24 Å². The Morgan fingerprint density at radius 3 is 2.45 bits per heavy atom. The fraction of sp³-hybridized carbons (Fsp3) is 0.133. The SMILES string of the molecule is Cc1cccc(S(=O)CS(=O)(=O)c2cccc(C(=O)Cl)c2)c1. The molecule has 22 heavy (non-hydrogen) atoms. The van der Waals surface area contributed by atoms with E-state index in [1.54, 1.807) is 18.2 Å². The van der Waals surface area contributed by atoms with Crippen LogP contribution in [0.4, 0.5) is 0 Å². The Morgan fingerprint density at radius 1 is 1.14 bits per heavy atom. The highest BCUT2D eigenvalue weighted by atomic mass is 35.5. The van der Waals surface area contributed by atoms with Gasteiger partial charge in [0.1, 0.15) is 5.08 Å². The minimum absolute atomic E-state index is 0.0694. The summed E-state index contributed by atoms with van der Waals surface area (Å²) >= 11 is 5.35. The highest BCUT2D eigenvalue weighted by Crippen LogP contribution is 2.18. The Hall–Kier alpha value is -1.50. The Bertz CT molecular complexity index is 844. The molecule has 116 valence electrons. The van der Waals surface area contributed by atoms with Crippen molar-refractivity contribution in [3.8, 4) is 0 Å². The summed E-state index contributed by atoms with van der Waals surface area (Å²) in [6, 6.07) is 12.3. The Labute approximate surface area is 136 Å². The lowest BCUT2D eigenvalue weighted by atomic mass is 10.2. The highest BCUT2D eigenvalue weighted by Gasteiger charge is 2.20. The molecule has 0 fully saturated rings. The van der Waals surface area contributed by atoms with Crippen molar-refractivity contribution in [1.29, 1.82) is 0 Å². The number of hydrogen-bond donors (Lipinski definition) is 0. The largest absolute Gasteiger partial charge is 0.276 e. The Kier molecular flexibility index (Phi) is 5.16. The molecule has 7 heteroatoms. The molecule has 2 aromatic carbocycles. The lowest BCUT2D eigenvalue weighted by Gasteiger charge is -2.06. The van der Waals surface area contributed by atoms with Crippen LogP contribution in [0.1, 0.15) is 15.9 Å². The van der Waals surface area contributed by atoms with Gasteiger partial charge in [-0.25, -0.2) is 8.42 Å². The fourth-order valence-corrected chi connectivity index (χ4v) is 5.32. The van der Waals surface area contributed by atoms with Gasteiger partial charge in [-0.1, -0.05) is 24.3 Å². The molecule has 0 aliphatic rings. The first-order chi connectivity index (χ1) is 10.3. The molecule has 0 saturated heterocycles. The molecular weight excluding hydrogens is 344 g/mol. The topological polar surface area (TPSA) is 68.3 Å². The first kappa shape index (κ1) is 16.9. The second-order valence-corrected chi connectivity index (χ2v) is 8.85. The molecule has 0 amide bonds. The summed E-state index contributed by atoms with van der Waals surface area (Å²) in [7, 11) is -5.47. The summed E-state index contributed by atoms with van der Waals surface area (Å²) in [5, 5.41) is -1.28. The average Bonchev–Trinajstić information content (AvgIpc) is 2.47.